The third-order valence-corrected chi connectivity index (χ3v) is 3.08. The average molecular weight is 265 g/mol. The second-order valence-electron chi connectivity index (χ2n) is 4.83. The highest BCUT2D eigenvalue weighted by Crippen LogP contribution is 2.24. The number of ether oxygens (including phenoxy) is 1. The molecule has 1 rings (SSSR count). The molecule has 0 aliphatic heterocycles. The molecular weight excluding hydrogens is 238 g/mol. The van der Waals surface area contributed by atoms with Gasteiger partial charge in [0.05, 0.1) is 6.61 Å². The Hall–Kier alpha value is -1.22. The quantitative estimate of drug-likeness (QED) is 0.599. The summed E-state index contributed by atoms with van der Waals surface area (Å²) >= 11 is 0. The fourth-order valence-corrected chi connectivity index (χ4v) is 1.92. The maximum atomic E-state index is 9.52. The predicted octanol–water partition coefficient (Wildman–Crippen LogP) is 3.72. The molecule has 1 aromatic carbocycles. The molecule has 19 heavy (non-hydrogen) atoms. The van der Waals surface area contributed by atoms with Crippen molar-refractivity contribution >= 4 is 0 Å². The zero-order valence-electron chi connectivity index (χ0n) is 12.0. The van der Waals surface area contributed by atoms with E-state index < -0.39 is 0 Å². The zero-order valence-corrected chi connectivity index (χ0v) is 12.0. The van der Waals surface area contributed by atoms with E-state index in [0.29, 0.717) is 12.4 Å². The van der Waals surface area contributed by atoms with E-state index in [1.54, 1.807) is 18.2 Å². The first-order valence-corrected chi connectivity index (χ1v) is 7.46. The summed E-state index contributed by atoms with van der Waals surface area (Å²) in [5, 5.41) is 13.0. The lowest BCUT2D eigenvalue weighted by Gasteiger charge is -2.08. The molecule has 0 aromatic heterocycles. The van der Waals surface area contributed by atoms with Crippen molar-refractivity contribution in [3.63, 3.8) is 0 Å². The molecule has 0 aliphatic carbocycles. The minimum atomic E-state index is 0.222. The second-order valence-corrected chi connectivity index (χ2v) is 4.83. The monoisotopic (exact) mass is 265 g/mol. The number of aromatic hydroxyl groups is 1. The highest BCUT2D eigenvalue weighted by Gasteiger charge is 1.99. The molecule has 1 aromatic rings. The molecule has 0 saturated carbocycles. The summed E-state index contributed by atoms with van der Waals surface area (Å²) in [4.78, 5) is 0. The van der Waals surface area contributed by atoms with Gasteiger partial charge in [0, 0.05) is 0 Å². The number of nitrogens with one attached hydrogen (secondary N) is 1. The van der Waals surface area contributed by atoms with Gasteiger partial charge in [-0.2, -0.15) is 0 Å². The van der Waals surface area contributed by atoms with Crippen LogP contribution >= 0.6 is 0 Å². The fraction of sp³-hybridized carbons (Fsp3) is 0.625. The minimum absolute atomic E-state index is 0.222. The van der Waals surface area contributed by atoms with Gasteiger partial charge in [-0.1, -0.05) is 31.9 Å². The number of phenolic OH excluding ortho intramolecular Hbond substituents is 1. The van der Waals surface area contributed by atoms with Gasteiger partial charge in [-0.3, -0.25) is 0 Å². The summed E-state index contributed by atoms with van der Waals surface area (Å²) in [6.45, 7) is 5.14. The van der Waals surface area contributed by atoms with Crippen LogP contribution in [0.2, 0.25) is 0 Å². The van der Waals surface area contributed by atoms with E-state index in [1.807, 2.05) is 6.07 Å². The lowest BCUT2D eigenvalue weighted by atomic mass is 10.2. The van der Waals surface area contributed by atoms with Crippen molar-refractivity contribution in [1.29, 1.82) is 0 Å². The summed E-state index contributed by atoms with van der Waals surface area (Å²) in [6.07, 6.45) is 7.27. The molecule has 0 saturated heterocycles. The molecule has 0 bridgehead atoms. The van der Waals surface area contributed by atoms with Crippen LogP contribution in [0.4, 0.5) is 0 Å². The number of hydrogen-bond donors (Lipinski definition) is 2. The summed E-state index contributed by atoms with van der Waals surface area (Å²) in [5.41, 5.74) is 0. The van der Waals surface area contributed by atoms with E-state index in [0.717, 1.165) is 25.9 Å². The van der Waals surface area contributed by atoms with Gasteiger partial charge in [0.2, 0.25) is 0 Å². The van der Waals surface area contributed by atoms with Crippen LogP contribution in [-0.4, -0.2) is 24.8 Å². The fourth-order valence-electron chi connectivity index (χ4n) is 1.92. The van der Waals surface area contributed by atoms with E-state index in [4.69, 9.17) is 4.74 Å². The number of unbranched alkanes of at least 4 members (excludes halogenated alkanes) is 4. The minimum Gasteiger partial charge on any atom is -0.504 e. The van der Waals surface area contributed by atoms with Crippen molar-refractivity contribution in [2.75, 3.05) is 19.7 Å². The molecule has 2 N–H and O–H groups in total. The highest BCUT2D eigenvalue weighted by molar-refractivity contribution is 5.37. The van der Waals surface area contributed by atoms with Gasteiger partial charge in [0.1, 0.15) is 0 Å². The number of para-hydroxylation sites is 2. The molecule has 0 fully saturated rings. The lowest BCUT2D eigenvalue weighted by molar-refractivity contribution is 0.289. The number of rotatable bonds is 11. The first-order valence-electron chi connectivity index (χ1n) is 7.46. The number of phenols is 1. The van der Waals surface area contributed by atoms with Gasteiger partial charge >= 0.3 is 0 Å². The van der Waals surface area contributed by atoms with Gasteiger partial charge in [-0.05, 0) is 50.9 Å². The molecule has 0 radical (unpaired) electrons. The molecule has 3 nitrogen and oxygen atoms in total. The molecule has 0 amide bonds. The second kappa shape index (κ2) is 10.7. The first kappa shape index (κ1) is 15.8. The van der Waals surface area contributed by atoms with Crippen molar-refractivity contribution in [3.8, 4) is 11.5 Å². The Balaban J connectivity index is 1.90. The SMILES string of the molecule is CCCCCNCCCCCOc1ccccc1O. The Morgan fingerprint density at radius 3 is 2.47 bits per heavy atom. The number of benzene rings is 1. The Bertz CT molecular complexity index is 328. The highest BCUT2D eigenvalue weighted by atomic mass is 16.5. The smallest absolute Gasteiger partial charge is 0.160 e. The third-order valence-electron chi connectivity index (χ3n) is 3.08. The van der Waals surface area contributed by atoms with Crippen molar-refractivity contribution < 1.29 is 9.84 Å². The van der Waals surface area contributed by atoms with Gasteiger partial charge < -0.3 is 15.2 Å². The topological polar surface area (TPSA) is 41.5 Å². The van der Waals surface area contributed by atoms with E-state index >= 15 is 0 Å². The Morgan fingerprint density at radius 2 is 1.74 bits per heavy atom. The van der Waals surface area contributed by atoms with Crippen LogP contribution in [-0.2, 0) is 0 Å². The number of hydrogen-bond acceptors (Lipinski definition) is 3. The van der Waals surface area contributed by atoms with Crippen LogP contribution in [0.1, 0.15) is 45.4 Å². The van der Waals surface area contributed by atoms with Gasteiger partial charge in [-0.25, -0.2) is 0 Å². The summed E-state index contributed by atoms with van der Waals surface area (Å²) in [6, 6.07) is 7.11. The third kappa shape index (κ3) is 7.73. The summed E-state index contributed by atoms with van der Waals surface area (Å²) in [5.74, 6) is 0.806. The molecule has 0 aliphatic rings. The predicted molar refractivity (Wildman–Crippen MR) is 79.8 cm³/mol. The normalized spacial score (nSPS) is 10.6. The van der Waals surface area contributed by atoms with Gasteiger partial charge in [0.25, 0.3) is 0 Å². The standard InChI is InChI=1S/C16H27NO2/c1-2-3-7-12-17-13-8-4-9-14-19-16-11-6-5-10-15(16)18/h5-6,10-11,17-18H,2-4,7-9,12-14H2,1H3. The molecule has 0 unspecified atom stereocenters. The molecule has 3 heteroatoms. The summed E-state index contributed by atoms with van der Waals surface area (Å²) < 4.78 is 5.53. The molecular formula is C16H27NO2. The van der Waals surface area contributed by atoms with Crippen molar-refractivity contribution in [2.45, 2.75) is 45.4 Å². The van der Waals surface area contributed by atoms with E-state index in [9.17, 15) is 5.11 Å². The molecule has 0 spiro atoms. The lowest BCUT2D eigenvalue weighted by Crippen LogP contribution is -2.16. The Kier molecular flexibility index (Phi) is 8.90. The van der Waals surface area contributed by atoms with Gasteiger partial charge in [0.15, 0.2) is 11.5 Å². The van der Waals surface area contributed by atoms with E-state index in [2.05, 4.69) is 12.2 Å². The van der Waals surface area contributed by atoms with E-state index in [-0.39, 0.29) is 5.75 Å². The molecule has 0 atom stereocenters. The van der Waals surface area contributed by atoms with Crippen LogP contribution in [0.25, 0.3) is 0 Å². The van der Waals surface area contributed by atoms with Crippen molar-refractivity contribution in [3.05, 3.63) is 24.3 Å². The van der Waals surface area contributed by atoms with Crippen LogP contribution in [0.15, 0.2) is 24.3 Å². The maximum absolute atomic E-state index is 9.52. The van der Waals surface area contributed by atoms with Crippen molar-refractivity contribution in [1.82, 2.24) is 5.32 Å². The van der Waals surface area contributed by atoms with Crippen LogP contribution in [0.3, 0.4) is 0 Å². The largest absolute Gasteiger partial charge is 0.504 e. The van der Waals surface area contributed by atoms with Gasteiger partial charge in [-0.15, -0.1) is 0 Å². The first-order chi connectivity index (χ1) is 9.34. The van der Waals surface area contributed by atoms with Crippen LogP contribution in [0.5, 0.6) is 11.5 Å². The Morgan fingerprint density at radius 1 is 1.00 bits per heavy atom. The van der Waals surface area contributed by atoms with E-state index in [1.165, 1.54) is 25.7 Å². The van der Waals surface area contributed by atoms with Crippen molar-refractivity contribution in [2.24, 2.45) is 0 Å². The van der Waals surface area contributed by atoms with Crippen LogP contribution < -0.4 is 10.1 Å². The van der Waals surface area contributed by atoms with Crippen LogP contribution in [0, 0.1) is 0 Å². The summed E-state index contributed by atoms with van der Waals surface area (Å²) in [7, 11) is 0. The Labute approximate surface area is 117 Å². The molecule has 108 valence electrons. The average Bonchev–Trinajstić information content (AvgIpc) is 2.43. The maximum Gasteiger partial charge on any atom is 0.160 e. The molecule has 0 heterocycles. The zero-order chi connectivity index (χ0) is 13.8.